The predicted octanol–water partition coefficient (Wildman–Crippen LogP) is 3.34. The highest BCUT2D eigenvalue weighted by atomic mass is 32.2. The van der Waals surface area contributed by atoms with E-state index in [1.165, 1.54) is 15.8 Å². The molecule has 0 fully saturated rings. The van der Waals surface area contributed by atoms with Crippen LogP contribution in [-0.4, -0.2) is 16.2 Å². The number of hydrogen-bond acceptors (Lipinski definition) is 4. The molecule has 0 atom stereocenters. The van der Waals surface area contributed by atoms with Gasteiger partial charge in [0.1, 0.15) is 15.7 Å². The van der Waals surface area contributed by atoms with Crippen molar-refractivity contribution >= 4 is 33.3 Å². The molecule has 0 radical (unpaired) electrons. The largest absolute Gasteiger partial charge is 0.226 e. The monoisotopic (exact) mass is 224 g/mol. The van der Waals surface area contributed by atoms with Crippen LogP contribution < -0.4 is 0 Å². The zero-order chi connectivity index (χ0) is 10.3. The van der Waals surface area contributed by atoms with Crippen molar-refractivity contribution < 1.29 is 0 Å². The van der Waals surface area contributed by atoms with Crippen LogP contribution in [0.3, 0.4) is 0 Å². The Morgan fingerprint density at radius 3 is 2.50 bits per heavy atom. The SMILES string of the molecule is CSc1nc(C)nc2sc(C)c(C)c12. The molecular weight excluding hydrogens is 212 g/mol. The average Bonchev–Trinajstić information content (AvgIpc) is 2.41. The summed E-state index contributed by atoms with van der Waals surface area (Å²) in [5.41, 5.74) is 1.33. The maximum absolute atomic E-state index is 4.46. The molecule has 4 heteroatoms. The summed E-state index contributed by atoms with van der Waals surface area (Å²) in [6, 6.07) is 0. The van der Waals surface area contributed by atoms with Gasteiger partial charge in [0.2, 0.25) is 0 Å². The fourth-order valence-corrected chi connectivity index (χ4v) is 3.28. The van der Waals surface area contributed by atoms with Crippen molar-refractivity contribution in [3.63, 3.8) is 0 Å². The standard InChI is InChI=1S/C10H12N2S2/c1-5-6(2)14-10-8(5)9(13-4)11-7(3)12-10/h1-4H3. The first kappa shape index (κ1) is 9.93. The Labute approximate surface area is 91.8 Å². The van der Waals surface area contributed by atoms with E-state index in [9.17, 15) is 0 Å². The fourth-order valence-electron chi connectivity index (χ4n) is 1.46. The van der Waals surface area contributed by atoms with E-state index in [-0.39, 0.29) is 0 Å². The summed E-state index contributed by atoms with van der Waals surface area (Å²) in [6.45, 7) is 6.23. The molecule has 2 aromatic rings. The van der Waals surface area contributed by atoms with E-state index in [0.29, 0.717) is 0 Å². The molecule has 0 unspecified atom stereocenters. The molecule has 0 N–H and O–H groups in total. The molecule has 0 aliphatic carbocycles. The van der Waals surface area contributed by atoms with Crippen molar-refractivity contribution in [3.05, 3.63) is 16.3 Å². The molecule has 0 aromatic carbocycles. The number of nitrogens with zero attached hydrogens (tertiary/aromatic N) is 2. The van der Waals surface area contributed by atoms with Gasteiger partial charge in [-0.1, -0.05) is 0 Å². The summed E-state index contributed by atoms with van der Waals surface area (Å²) in [7, 11) is 0. The van der Waals surface area contributed by atoms with E-state index in [1.807, 2.05) is 6.92 Å². The van der Waals surface area contributed by atoms with Gasteiger partial charge in [-0.3, -0.25) is 0 Å². The van der Waals surface area contributed by atoms with Gasteiger partial charge in [0.05, 0.1) is 0 Å². The molecule has 0 saturated carbocycles. The summed E-state index contributed by atoms with van der Waals surface area (Å²) >= 11 is 3.45. The molecular formula is C10H12N2S2. The summed E-state index contributed by atoms with van der Waals surface area (Å²) in [5, 5.41) is 2.35. The number of hydrogen-bond donors (Lipinski definition) is 0. The number of rotatable bonds is 1. The van der Waals surface area contributed by atoms with Gasteiger partial charge in [-0.2, -0.15) is 0 Å². The molecule has 0 aliphatic heterocycles. The van der Waals surface area contributed by atoms with E-state index < -0.39 is 0 Å². The van der Waals surface area contributed by atoms with Gasteiger partial charge in [0.15, 0.2) is 0 Å². The Balaban J connectivity index is 2.88. The highest BCUT2D eigenvalue weighted by molar-refractivity contribution is 7.98. The van der Waals surface area contributed by atoms with Crippen molar-refractivity contribution in [3.8, 4) is 0 Å². The molecule has 0 saturated heterocycles. The first-order valence-corrected chi connectivity index (χ1v) is 6.46. The van der Waals surface area contributed by atoms with E-state index in [0.717, 1.165) is 15.7 Å². The van der Waals surface area contributed by atoms with Crippen LogP contribution in [0.2, 0.25) is 0 Å². The third kappa shape index (κ3) is 1.42. The van der Waals surface area contributed by atoms with Gasteiger partial charge in [0, 0.05) is 10.3 Å². The normalized spacial score (nSPS) is 11.1. The lowest BCUT2D eigenvalue weighted by Gasteiger charge is -2.00. The molecule has 2 nitrogen and oxygen atoms in total. The summed E-state index contributed by atoms with van der Waals surface area (Å²) < 4.78 is 0. The number of aromatic nitrogens is 2. The smallest absolute Gasteiger partial charge is 0.128 e. The number of thioether (sulfide) groups is 1. The van der Waals surface area contributed by atoms with Gasteiger partial charge < -0.3 is 0 Å². The fraction of sp³-hybridized carbons (Fsp3) is 0.400. The molecule has 0 aliphatic rings. The molecule has 2 aromatic heterocycles. The third-order valence-corrected chi connectivity index (χ3v) is 4.08. The highest BCUT2D eigenvalue weighted by Gasteiger charge is 2.12. The first-order valence-electron chi connectivity index (χ1n) is 4.42. The van der Waals surface area contributed by atoms with Crippen LogP contribution in [0.15, 0.2) is 5.03 Å². The summed E-state index contributed by atoms with van der Waals surface area (Å²) in [4.78, 5) is 11.4. The zero-order valence-electron chi connectivity index (χ0n) is 8.71. The molecule has 0 bridgehead atoms. The minimum Gasteiger partial charge on any atom is -0.226 e. The molecule has 0 spiro atoms. The zero-order valence-corrected chi connectivity index (χ0v) is 10.3. The number of thiophene rings is 1. The van der Waals surface area contributed by atoms with Crippen molar-refractivity contribution in [1.29, 1.82) is 0 Å². The second kappa shape index (κ2) is 3.51. The highest BCUT2D eigenvalue weighted by Crippen LogP contribution is 2.33. The second-order valence-electron chi connectivity index (χ2n) is 3.24. The Hall–Kier alpha value is -0.610. The van der Waals surface area contributed by atoms with Crippen molar-refractivity contribution in [2.75, 3.05) is 6.26 Å². The lowest BCUT2D eigenvalue weighted by molar-refractivity contribution is 1.01. The number of aryl methyl sites for hydroxylation is 3. The van der Waals surface area contributed by atoms with E-state index >= 15 is 0 Å². The van der Waals surface area contributed by atoms with Crippen LogP contribution in [0.1, 0.15) is 16.3 Å². The lowest BCUT2D eigenvalue weighted by atomic mass is 10.2. The first-order chi connectivity index (χ1) is 6.63. The van der Waals surface area contributed by atoms with Crippen LogP contribution in [0, 0.1) is 20.8 Å². The Morgan fingerprint density at radius 2 is 1.86 bits per heavy atom. The summed E-state index contributed by atoms with van der Waals surface area (Å²) in [6.07, 6.45) is 2.06. The van der Waals surface area contributed by atoms with Gasteiger partial charge >= 0.3 is 0 Å². The number of fused-ring (bicyclic) bond motifs is 1. The van der Waals surface area contributed by atoms with Crippen LogP contribution in [0.5, 0.6) is 0 Å². The van der Waals surface area contributed by atoms with Gasteiger partial charge in [-0.05, 0) is 32.6 Å². The third-order valence-electron chi connectivity index (χ3n) is 2.30. The lowest BCUT2D eigenvalue weighted by Crippen LogP contribution is -1.90. The molecule has 74 valence electrons. The molecule has 2 heterocycles. The van der Waals surface area contributed by atoms with Gasteiger partial charge in [0.25, 0.3) is 0 Å². The topological polar surface area (TPSA) is 25.8 Å². The van der Waals surface area contributed by atoms with Crippen molar-refractivity contribution in [1.82, 2.24) is 9.97 Å². The maximum Gasteiger partial charge on any atom is 0.128 e. The van der Waals surface area contributed by atoms with Gasteiger partial charge in [-0.15, -0.1) is 23.1 Å². The quantitative estimate of drug-likeness (QED) is 0.549. The van der Waals surface area contributed by atoms with Crippen LogP contribution in [-0.2, 0) is 0 Å². The van der Waals surface area contributed by atoms with E-state index in [1.54, 1.807) is 23.1 Å². The van der Waals surface area contributed by atoms with Gasteiger partial charge in [-0.25, -0.2) is 9.97 Å². The average molecular weight is 224 g/mol. The minimum absolute atomic E-state index is 0.864. The second-order valence-corrected chi connectivity index (χ2v) is 5.24. The van der Waals surface area contributed by atoms with Crippen molar-refractivity contribution in [2.24, 2.45) is 0 Å². The van der Waals surface area contributed by atoms with Crippen molar-refractivity contribution in [2.45, 2.75) is 25.8 Å². The summed E-state index contributed by atoms with van der Waals surface area (Å²) in [5.74, 6) is 0.864. The minimum atomic E-state index is 0.864. The predicted molar refractivity (Wildman–Crippen MR) is 63.4 cm³/mol. The molecule has 2 rings (SSSR count). The Morgan fingerprint density at radius 1 is 1.14 bits per heavy atom. The van der Waals surface area contributed by atoms with Crippen LogP contribution >= 0.6 is 23.1 Å². The molecule has 0 amide bonds. The van der Waals surface area contributed by atoms with Crippen LogP contribution in [0.25, 0.3) is 10.2 Å². The Bertz CT molecular complexity index is 488. The van der Waals surface area contributed by atoms with E-state index in [4.69, 9.17) is 0 Å². The maximum atomic E-state index is 4.46. The van der Waals surface area contributed by atoms with Crippen LogP contribution in [0.4, 0.5) is 0 Å². The molecule has 14 heavy (non-hydrogen) atoms. The van der Waals surface area contributed by atoms with E-state index in [2.05, 4.69) is 30.1 Å². The Kier molecular flexibility index (Phi) is 2.49.